The molecular formula is C22H21ClN4O2. The summed E-state index contributed by atoms with van der Waals surface area (Å²) in [4.78, 5) is 20.2. The van der Waals surface area contributed by atoms with E-state index < -0.39 is 0 Å². The minimum absolute atomic E-state index is 0.0293. The van der Waals surface area contributed by atoms with E-state index in [9.17, 15) is 4.79 Å². The van der Waals surface area contributed by atoms with Crippen LogP contribution < -0.4 is 5.32 Å². The van der Waals surface area contributed by atoms with E-state index in [0.717, 1.165) is 33.8 Å². The van der Waals surface area contributed by atoms with Crippen LogP contribution in [0.2, 0.25) is 5.02 Å². The third-order valence-corrected chi connectivity index (χ3v) is 5.80. The first-order valence-corrected chi connectivity index (χ1v) is 10.1. The maximum atomic E-state index is 13.6. The number of ether oxygens (including phenoxy) is 1. The molecule has 1 atom stereocenters. The van der Waals surface area contributed by atoms with Gasteiger partial charge in [-0.15, -0.1) is 0 Å². The van der Waals surface area contributed by atoms with Gasteiger partial charge in [0.25, 0.3) is 5.91 Å². The topological polar surface area (TPSA) is 59.4 Å². The van der Waals surface area contributed by atoms with E-state index in [2.05, 4.69) is 9.88 Å². The van der Waals surface area contributed by atoms with Gasteiger partial charge in [-0.3, -0.25) is 9.36 Å². The molecule has 1 aromatic heterocycles. The zero-order valence-corrected chi connectivity index (χ0v) is 16.8. The number of anilines is 1. The van der Waals surface area contributed by atoms with Gasteiger partial charge in [-0.05, 0) is 36.8 Å². The van der Waals surface area contributed by atoms with Crippen LogP contribution in [0.3, 0.4) is 0 Å². The highest BCUT2D eigenvalue weighted by atomic mass is 35.5. The first-order chi connectivity index (χ1) is 14.1. The molecule has 5 rings (SSSR count). The van der Waals surface area contributed by atoms with Crippen molar-refractivity contribution in [2.45, 2.75) is 13.0 Å². The molecule has 0 saturated carbocycles. The fourth-order valence-electron chi connectivity index (χ4n) is 4.14. The molecule has 1 fully saturated rings. The second-order valence-electron chi connectivity index (χ2n) is 7.32. The number of benzene rings is 2. The summed E-state index contributed by atoms with van der Waals surface area (Å²) in [6.07, 6.45) is 0. The van der Waals surface area contributed by atoms with Gasteiger partial charge in [-0.25, -0.2) is 4.98 Å². The number of carbonyl (C=O) groups excluding carboxylic acids is 1. The predicted molar refractivity (Wildman–Crippen MR) is 113 cm³/mol. The monoisotopic (exact) mass is 408 g/mol. The number of hydrogen-bond donors (Lipinski definition) is 1. The SMILES string of the molecule is CC1=C(C(=O)N2CCOCC2)C(c2ccc(Cl)cc2)n2c(nc3ccccc32)N1. The molecule has 0 aliphatic carbocycles. The van der Waals surface area contributed by atoms with Gasteiger partial charge in [-0.1, -0.05) is 35.9 Å². The predicted octanol–water partition coefficient (Wildman–Crippen LogP) is 3.84. The van der Waals surface area contributed by atoms with E-state index in [0.29, 0.717) is 31.3 Å². The van der Waals surface area contributed by atoms with Crippen LogP contribution in [0.25, 0.3) is 11.0 Å². The largest absolute Gasteiger partial charge is 0.378 e. The Morgan fingerprint density at radius 1 is 1.14 bits per heavy atom. The third-order valence-electron chi connectivity index (χ3n) is 5.55. The first kappa shape index (κ1) is 18.2. The van der Waals surface area contributed by atoms with Crippen molar-refractivity contribution in [2.24, 2.45) is 0 Å². The fourth-order valence-corrected chi connectivity index (χ4v) is 4.26. The summed E-state index contributed by atoms with van der Waals surface area (Å²) in [6, 6.07) is 15.4. The number of morpholine rings is 1. The van der Waals surface area contributed by atoms with Crippen LogP contribution in [0.15, 0.2) is 59.8 Å². The van der Waals surface area contributed by atoms with Gasteiger partial charge in [0.1, 0.15) is 0 Å². The lowest BCUT2D eigenvalue weighted by atomic mass is 9.94. The van der Waals surface area contributed by atoms with E-state index in [1.54, 1.807) is 0 Å². The smallest absolute Gasteiger partial charge is 0.254 e. The van der Waals surface area contributed by atoms with E-state index in [-0.39, 0.29) is 11.9 Å². The molecule has 1 saturated heterocycles. The molecule has 1 unspecified atom stereocenters. The average molecular weight is 409 g/mol. The van der Waals surface area contributed by atoms with Crippen LogP contribution in [-0.2, 0) is 9.53 Å². The molecule has 0 spiro atoms. The van der Waals surface area contributed by atoms with Crippen LogP contribution in [0.5, 0.6) is 0 Å². The number of imidazole rings is 1. The Balaban J connectivity index is 1.69. The number of fused-ring (bicyclic) bond motifs is 3. The molecule has 2 aliphatic rings. The molecule has 3 heterocycles. The molecule has 1 N–H and O–H groups in total. The first-order valence-electron chi connectivity index (χ1n) is 9.71. The lowest BCUT2D eigenvalue weighted by Crippen LogP contribution is -2.44. The highest BCUT2D eigenvalue weighted by molar-refractivity contribution is 6.30. The van der Waals surface area contributed by atoms with Gasteiger partial charge in [0.05, 0.1) is 35.9 Å². The van der Waals surface area contributed by atoms with E-state index >= 15 is 0 Å². The maximum Gasteiger partial charge on any atom is 0.254 e. The number of allylic oxidation sites excluding steroid dienone is 1. The van der Waals surface area contributed by atoms with Crippen LogP contribution in [0, 0.1) is 0 Å². The molecule has 1 amide bonds. The molecule has 0 radical (unpaired) electrons. The summed E-state index contributed by atoms with van der Waals surface area (Å²) in [5.74, 6) is 0.767. The Bertz CT molecular complexity index is 1110. The quantitative estimate of drug-likeness (QED) is 0.700. The highest BCUT2D eigenvalue weighted by Gasteiger charge is 2.36. The molecule has 29 heavy (non-hydrogen) atoms. The maximum absolute atomic E-state index is 13.6. The van der Waals surface area contributed by atoms with Crippen molar-refractivity contribution >= 4 is 34.5 Å². The number of hydrogen-bond acceptors (Lipinski definition) is 4. The minimum atomic E-state index is -0.286. The molecular weight excluding hydrogens is 388 g/mol. The Hall–Kier alpha value is -2.83. The van der Waals surface area contributed by atoms with Crippen LogP contribution in [-0.4, -0.2) is 46.7 Å². The second-order valence-corrected chi connectivity index (χ2v) is 7.75. The minimum Gasteiger partial charge on any atom is -0.378 e. The van der Waals surface area contributed by atoms with E-state index in [4.69, 9.17) is 21.3 Å². The van der Waals surface area contributed by atoms with E-state index in [1.165, 1.54) is 0 Å². The Labute approximate surface area is 173 Å². The lowest BCUT2D eigenvalue weighted by molar-refractivity contribution is -0.131. The van der Waals surface area contributed by atoms with Crippen LogP contribution >= 0.6 is 11.6 Å². The van der Waals surface area contributed by atoms with E-state index in [1.807, 2.05) is 60.4 Å². The molecule has 6 nitrogen and oxygen atoms in total. The summed E-state index contributed by atoms with van der Waals surface area (Å²) in [5.41, 5.74) is 4.42. The summed E-state index contributed by atoms with van der Waals surface area (Å²) < 4.78 is 7.55. The lowest BCUT2D eigenvalue weighted by Gasteiger charge is -2.35. The number of rotatable bonds is 2. The van der Waals surface area contributed by atoms with Crippen molar-refractivity contribution < 1.29 is 9.53 Å². The Morgan fingerprint density at radius 2 is 1.86 bits per heavy atom. The standard InChI is InChI=1S/C22H21ClN4O2/c1-14-19(21(28)26-10-12-29-13-11-26)20(15-6-8-16(23)9-7-15)27-18-5-3-2-4-17(18)25-22(27)24-14/h2-9,20H,10-13H2,1H3,(H,24,25). The molecule has 2 aromatic carbocycles. The van der Waals surface area contributed by atoms with Crippen molar-refractivity contribution in [3.05, 3.63) is 70.4 Å². The second kappa shape index (κ2) is 7.21. The summed E-state index contributed by atoms with van der Waals surface area (Å²) in [7, 11) is 0. The van der Waals surface area contributed by atoms with Crippen molar-refractivity contribution in [1.82, 2.24) is 14.5 Å². The molecule has 2 aliphatic heterocycles. The average Bonchev–Trinajstić information content (AvgIpc) is 3.11. The number of nitrogens with zero attached hydrogens (tertiary/aromatic N) is 3. The Morgan fingerprint density at radius 3 is 2.62 bits per heavy atom. The third kappa shape index (κ3) is 3.09. The number of para-hydroxylation sites is 2. The van der Waals surface area contributed by atoms with Gasteiger partial charge < -0.3 is 15.0 Å². The normalized spacial score (nSPS) is 19.2. The van der Waals surface area contributed by atoms with Crippen molar-refractivity contribution in [2.75, 3.05) is 31.6 Å². The van der Waals surface area contributed by atoms with Gasteiger partial charge in [0, 0.05) is 23.8 Å². The highest BCUT2D eigenvalue weighted by Crippen LogP contribution is 2.40. The molecule has 3 aromatic rings. The van der Waals surface area contributed by atoms with Crippen LogP contribution in [0.1, 0.15) is 18.5 Å². The van der Waals surface area contributed by atoms with Crippen molar-refractivity contribution in [3.63, 3.8) is 0 Å². The van der Waals surface area contributed by atoms with Gasteiger partial charge in [0.2, 0.25) is 5.95 Å². The Kier molecular flexibility index (Phi) is 4.53. The molecule has 148 valence electrons. The van der Waals surface area contributed by atoms with Gasteiger partial charge >= 0.3 is 0 Å². The summed E-state index contributed by atoms with van der Waals surface area (Å²) in [5, 5.41) is 4.02. The molecule has 0 bridgehead atoms. The number of aromatic nitrogens is 2. The number of carbonyl (C=O) groups is 1. The fraction of sp³-hybridized carbons (Fsp3) is 0.273. The zero-order valence-electron chi connectivity index (χ0n) is 16.1. The van der Waals surface area contributed by atoms with Crippen LogP contribution in [0.4, 0.5) is 5.95 Å². The van der Waals surface area contributed by atoms with Gasteiger partial charge in [-0.2, -0.15) is 0 Å². The summed E-state index contributed by atoms with van der Waals surface area (Å²) in [6.45, 7) is 4.27. The number of nitrogens with one attached hydrogen (secondary N) is 1. The number of amides is 1. The van der Waals surface area contributed by atoms with Gasteiger partial charge in [0.15, 0.2) is 0 Å². The van der Waals surface area contributed by atoms with Crippen molar-refractivity contribution in [3.8, 4) is 0 Å². The summed E-state index contributed by atoms with van der Waals surface area (Å²) >= 11 is 6.14. The van der Waals surface area contributed by atoms with Crippen molar-refractivity contribution in [1.29, 1.82) is 0 Å². The molecule has 7 heteroatoms. The number of halogens is 1. The zero-order chi connectivity index (χ0) is 20.0.